The summed E-state index contributed by atoms with van der Waals surface area (Å²) in [5, 5.41) is 0. The van der Waals surface area contributed by atoms with Gasteiger partial charge in [-0.2, -0.15) is 0 Å². The monoisotopic (exact) mass is 142 g/mol. The number of hydrogen-bond acceptors (Lipinski definition) is 2. The molecule has 0 aromatic rings. The topological polar surface area (TPSA) is 34.1 Å². The molecule has 0 saturated heterocycles. The number of carbonyl (C=O) groups excluding carboxylic acids is 2. The van der Waals surface area contributed by atoms with Crippen LogP contribution in [-0.2, 0) is 9.59 Å². The van der Waals surface area contributed by atoms with Crippen LogP contribution in [0.3, 0.4) is 0 Å². The highest BCUT2D eigenvalue weighted by atomic mass is 16.1. The Morgan fingerprint density at radius 2 is 2.10 bits per heavy atom. The molecule has 0 fully saturated rings. The molecular weight excluding hydrogens is 128 g/mol. The van der Waals surface area contributed by atoms with Crippen molar-refractivity contribution in [1.29, 1.82) is 0 Å². The SMILES string of the molecule is CCCC(=O)C(C=O)CC. The van der Waals surface area contributed by atoms with Crippen LogP contribution < -0.4 is 0 Å². The van der Waals surface area contributed by atoms with Gasteiger partial charge in [-0.05, 0) is 12.8 Å². The third-order valence-electron chi connectivity index (χ3n) is 1.51. The average molecular weight is 142 g/mol. The van der Waals surface area contributed by atoms with Gasteiger partial charge in [0.2, 0.25) is 0 Å². The van der Waals surface area contributed by atoms with E-state index in [1.54, 1.807) is 0 Å². The second kappa shape index (κ2) is 5.15. The lowest BCUT2D eigenvalue weighted by Crippen LogP contribution is -2.14. The number of hydrogen-bond donors (Lipinski definition) is 0. The van der Waals surface area contributed by atoms with Gasteiger partial charge < -0.3 is 4.79 Å². The highest BCUT2D eigenvalue weighted by Gasteiger charge is 2.12. The Hall–Kier alpha value is -0.660. The van der Waals surface area contributed by atoms with Crippen molar-refractivity contribution in [1.82, 2.24) is 0 Å². The van der Waals surface area contributed by atoms with Crippen molar-refractivity contribution < 1.29 is 9.59 Å². The molecule has 0 N–H and O–H groups in total. The van der Waals surface area contributed by atoms with Crippen molar-refractivity contribution in [3.05, 3.63) is 0 Å². The Bertz CT molecular complexity index is 118. The number of rotatable bonds is 5. The Balaban J connectivity index is 3.76. The highest BCUT2D eigenvalue weighted by molar-refractivity contribution is 5.92. The van der Waals surface area contributed by atoms with E-state index in [0.29, 0.717) is 12.8 Å². The fraction of sp³-hybridized carbons (Fsp3) is 0.750. The summed E-state index contributed by atoms with van der Waals surface area (Å²) in [6.45, 7) is 3.79. The normalized spacial score (nSPS) is 12.6. The summed E-state index contributed by atoms with van der Waals surface area (Å²) in [6, 6.07) is 0. The van der Waals surface area contributed by atoms with Crippen LogP contribution in [0.4, 0.5) is 0 Å². The lowest BCUT2D eigenvalue weighted by Gasteiger charge is -2.02. The summed E-state index contributed by atoms with van der Waals surface area (Å²) < 4.78 is 0. The number of ketones is 1. The van der Waals surface area contributed by atoms with E-state index in [1.807, 2.05) is 13.8 Å². The quantitative estimate of drug-likeness (QED) is 0.431. The highest BCUT2D eigenvalue weighted by Crippen LogP contribution is 2.04. The molecule has 0 bridgehead atoms. The van der Waals surface area contributed by atoms with Crippen LogP contribution in [0.1, 0.15) is 33.1 Å². The zero-order chi connectivity index (χ0) is 7.98. The zero-order valence-corrected chi connectivity index (χ0v) is 6.59. The van der Waals surface area contributed by atoms with Gasteiger partial charge in [-0.25, -0.2) is 0 Å². The Labute approximate surface area is 61.6 Å². The Kier molecular flexibility index (Phi) is 4.81. The van der Waals surface area contributed by atoms with E-state index in [9.17, 15) is 9.59 Å². The minimum atomic E-state index is -0.347. The first kappa shape index (κ1) is 9.34. The van der Waals surface area contributed by atoms with Gasteiger partial charge in [0.05, 0.1) is 5.92 Å². The van der Waals surface area contributed by atoms with Crippen molar-refractivity contribution >= 4 is 12.1 Å². The standard InChI is InChI=1S/C8H14O2/c1-3-5-8(10)7(4-2)6-9/h6-7H,3-5H2,1-2H3. The summed E-state index contributed by atoms with van der Waals surface area (Å²) in [5.41, 5.74) is 0. The largest absolute Gasteiger partial charge is 0.303 e. The third kappa shape index (κ3) is 2.76. The van der Waals surface area contributed by atoms with E-state index in [-0.39, 0.29) is 11.7 Å². The molecule has 2 nitrogen and oxygen atoms in total. The van der Waals surface area contributed by atoms with Crippen LogP contribution in [0.25, 0.3) is 0 Å². The first-order chi connectivity index (χ1) is 4.76. The second-order valence-corrected chi connectivity index (χ2v) is 2.37. The lowest BCUT2D eigenvalue weighted by molar-refractivity contribution is -0.127. The minimum absolute atomic E-state index is 0.0833. The fourth-order valence-corrected chi connectivity index (χ4v) is 0.832. The van der Waals surface area contributed by atoms with Crippen molar-refractivity contribution in [3.8, 4) is 0 Å². The van der Waals surface area contributed by atoms with E-state index >= 15 is 0 Å². The molecule has 0 aromatic heterocycles. The van der Waals surface area contributed by atoms with Crippen LogP contribution in [0.15, 0.2) is 0 Å². The van der Waals surface area contributed by atoms with E-state index in [4.69, 9.17) is 0 Å². The summed E-state index contributed by atoms with van der Waals surface area (Å²) >= 11 is 0. The van der Waals surface area contributed by atoms with Crippen LogP contribution in [-0.4, -0.2) is 12.1 Å². The molecule has 58 valence electrons. The molecule has 0 aliphatic carbocycles. The van der Waals surface area contributed by atoms with E-state index in [0.717, 1.165) is 12.7 Å². The second-order valence-electron chi connectivity index (χ2n) is 2.37. The number of aldehydes is 1. The minimum Gasteiger partial charge on any atom is -0.303 e. The molecule has 0 saturated carbocycles. The summed E-state index contributed by atoms with van der Waals surface area (Å²) in [6.07, 6.45) is 2.76. The van der Waals surface area contributed by atoms with Gasteiger partial charge in [-0.15, -0.1) is 0 Å². The maximum atomic E-state index is 11.0. The molecule has 1 atom stereocenters. The van der Waals surface area contributed by atoms with Gasteiger partial charge in [-0.3, -0.25) is 4.79 Å². The van der Waals surface area contributed by atoms with Gasteiger partial charge in [0.1, 0.15) is 12.1 Å². The predicted octanol–water partition coefficient (Wildman–Crippen LogP) is 1.58. The first-order valence-corrected chi connectivity index (χ1v) is 3.74. The Morgan fingerprint density at radius 3 is 2.40 bits per heavy atom. The van der Waals surface area contributed by atoms with E-state index in [1.165, 1.54) is 0 Å². The van der Waals surface area contributed by atoms with Crippen LogP contribution in [0, 0.1) is 5.92 Å². The molecule has 0 amide bonds. The average Bonchev–Trinajstić information content (AvgIpc) is 1.91. The molecular formula is C8H14O2. The van der Waals surface area contributed by atoms with Crippen LogP contribution in [0.2, 0.25) is 0 Å². The summed E-state index contributed by atoms with van der Waals surface area (Å²) in [5.74, 6) is -0.264. The summed E-state index contributed by atoms with van der Waals surface area (Å²) in [4.78, 5) is 21.2. The maximum Gasteiger partial charge on any atom is 0.143 e. The van der Waals surface area contributed by atoms with Gasteiger partial charge >= 0.3 is 0 Å². The van der Waals surface area contributed by atoms with Gasteiger partial charge in [0, 0.05) is 6.42 Å². The molecule has 0 aromatic carbocycles. The molecule has 0 spiro atoms. The molecule has 0 aliphatic heterocycles. The molecule has 1 unspecified atom stereocenters. The Morgan fingerprint density at radius 1 is 1.50 bits per heavy atom. The molecule has 2 heteroatoms. The lowest BCUT2D eigenvalue weighted by atomic mass is 10.00. The predicted molar refractivity (Wildman–Crippen MR) is 39.8 cm³/mol. The first-order valence-electron chi connectivity index (χ1n) is 3.74. The van der Waals surface area contributed by atoms with Crippen molar-refractivity contribution in [3.63, 3.8) is 0 Å². The van der Waals surface area contributed by atoms with Gasteiger partial charge in [-0.1, -0.05) is 13.8 Å². The molecule has 0 radical (unpaired) electrons. The number of carbonyl (C=O) groups is 2. The van der Waals surface area contributed by atoms with Gasteiger partial charge in [0.15, 0.2) is 0 Å². The van der Waals surface area contributed by atoms with E-state index < -0.39 is 0 Å². The number of Topliss-reactive ketones (excluding diaryl/α,β-unsaturated/α-hetero) is 1. The molecule has 10 heavy (non-hydrogen) atoms. The molecule has 0 heterocycles. The van der Waals surface area contributed by atoms with Crippen molar-refractivity contribution in [2.24, 2.45) is 5.92 Å². The maximum absolute atomic E-state index is 11.0. The molecule has 0 rings (SSSR count). The van der Waals surface area contributed by atoms with Crippen LogP contribution >= 0.6 is 0 Å². The van der Waals surface area contributed by atoms with E-state index in [2.05, 4.69) is 0 Å². The summed E-state index contributed by atoms with van der Waals surface area (Å²) in [7, 11) is 0. The smallest absolute Gasteiger partial charge is 0.143 e. The zero-order valence-electron chi connectivity index (χ0n) is 6.59. The van der Waals surface area contributed by atoms with Crippen molar-refractivity contribution in [2.75, 3.05) is 0 Å². The third-order valence-corrected chi connectivity index (χ3v) is 1.51. The fourth-order valence-electron chi connectivity index (χ4n) is 0.832. The van der Waals surface area contributed by atoms with Crippen molar-refractivity contribution in [2.45, 2.75) is 33.1 Å². The van der Waals surface area contributed by atoms with Gasteiger partial charge in [0.25, 0.3) is 0 Å². The van der Waals surface area contributed by atoms with Crippen LogP contribution in [0.5, 0.6) is 0 Å². The molecule has 0 aliphatic rings.